The lowest BCUT2D eigenvalue weighted by molar-refractivity contribution is 0.584. The number of hydrogen-bond donors (Lipinski definition) is 1. The summed E-state index contributed by atoms with van der Waals surface area (Å²) < 4.78 is 27.3. The van der Waals surface area contributed by atoms with Crippen LogP contribution in [0.2, 0.25) is 0 Å². The van der Waals surface area contributed by atoms with E-state index in [0.29, 0.717) is 16.7 Å². The van der Waals surface area contributed by atoms with Crippen molar-refractivity contribution in [2.24, 2.45) is 0 Å². The summed E-state index contributed by atoms with van der Waals surface area (Å²) in [5, 5.41) is 8.99. The molecule has 0 fully saturated rings. The maximum Gasteiger partial charge on any atom is 0.213 e. The maximum absolute atomic E-state index is 14.1. The van der Waals surface area contributed by atoms with Gasteiger partial charge < -0.3 is 5.73 Å². The molecule has 0 amide bonds. The van der Waals surface area contributed by atoms with Gasteiger partial charge >= 0.3 is 0 Å². The van der Waals surface area contributed by atoms with Gasteiger partial charge in [-0.05, 0) is 30.2 Å². The van der Waals surface area contributed by atoms with Gasteiger partial charge in [0.25, 0.3) is 0 Å². The second-order valence-corrected chi connectivity index (χ2v) is 4.33. The third-order valence-electron chi connectivity index (χ3n) is 2.89. The SMILES string of the molecule is C=C(C)c1c(N)c(-c2ccnc(F)c2)cc(C#N)c1F. The number of nitriles is 1. The molecule has 0 aliphatic carbocycles. The zero-order chi connectivity index (χ0) is 14.9. The summed E-state index contributed by atoms with van der Waals surface area (Å²) in [4.78, 5) is 3.45. The molecule has 20 heavy (non-hydrogen) atoms. The van der Waals surface area contributed by atoms with Crippen molar-refractivity contribution in [2.75, 3.05) is 5.73 Å². The molecular formula is C15H11F2N3. The Labute approximate surface area is 115 Å². The van der Waals surface area contributed by atoms with Crippen LogP contribution in [0.15, 0.2) is 31.0 Å². The summed E-state index contributed by atoms with van der Waals surface area (Å²) in [5.41, 5.74) is 7.18. The Hall–Kier alpha value is -2.74. The summed E-state index contributed by atoms with van der Waals surface area (Å²) in [6.07, 6.45) is 1.28. The van der Waals surface area contributed by atoms with E-state index in [0.717, 1.165) is 0 Å². The Kier molecular flexibility index (Phi) is 3.49. The van der Waals surface area contributed by atoms with Crippen molar-refractivity contribution in [3.8, 4) is 17.2 Å². The summed E-state index contributed by atoms with van der Waals surface area (Å²) >= 11 is 0. The lowest BCUT2D eigenvalue weighted by Crippen LogP contribution is -2.02. The maximum atomic E-state index is 14.1. The number of hydrogen-bond acceptors (Lipinski definition) is 3. The quantitative estimate of drug-likeness (QED) is 0.671. The third kappa shape index (κ3) is 2.24. The number of pyridine rings is 1. The molecule has 2 N–H and O–H groups in total. The van der Waals surface area contributed by atoms with Gasteiger partial charge in [0.05, 0.1) is 5.56 Å². The molecule has 0 bridgehead atoms. The third-order valence-corrected chi connectivity index (χ3v) is 2.89. The highest BCUT2D eigenvalue weighted by Crippen LogP contribution is 2.35. The van der Waals surface area contributed by atoms with Crippen LogP contribution in [0.1, 0.15) is 18.1 Å². The average molecular weight is 271 g/mol. The lowest BCUT2D eigenvalue weighted by Gasteiger charge is -2.13. The molecule has 2 aromatic rings. The minimum absolute atomic E-state index is 0.0799. The van der Waals surface area contributed by atoms with Crippen molar-refractivity contribution < 1.29 is 8.78 Å². The molecule has 3 nitrogen and oxygen atoms in total. The van der Waals surface area contributed by atoms with Crippen LogP contribution in [-0.2, 0) is 0 Å². The van der Waals surface area contributed by atoms with Crippen LogP contribution < -0.4 is 5.73 Å². The standard InChI is InChI=1S/C15H11F2N3/c1-8(2)13-14(17)10(7-18)5-11(15(13)19)9-3-4-20-12(16)6-9/h3-6H,1,19H2,2H3. The van der Waals surface area contributed by atoms with E-state index in [1.165, 1.54) is 24.4 Å². The zero-order valence-electron chi connectivity index (χ0n) is 10.7. The summed E-state index contributed by atoms with van der Waals surface area (Å²) in [6.45, 7) is 5.25. The Morgan fingerprint density at radius 3 is 2.65 bits per heavy atom. The fraction of sp³-hybridized carbons (Fsp3) is 0.0667. The molecule has 0 aliphatic heterocycles. The first kappa shape index (κ1) is 13.7. The van der Waals surface area contributed by atoms with Crippen LogP contribution in [0.5, 0.6) is 0 Å². The lowest BCUT2D eigenvalue weighted by atomic mass is 9.94. The van der Waals surface area contributed by atoms with E-state index in [1.807, 2.05) is 0 Å². The normalized spacial score (nSPS) is 10.1. The van der Waals surface area contributed by atoms with Gasteiger partial charge in [0.1, 0.15) is 6.07 Å². The highest BCUT2D eigenvalue weighted by Gasteiger charge is 2.18. The van der Waals surface area contributed by atoms with Gasteiger partial charge in [0, 0.05) is 29.1 Å². The predicted octanol–water partition coefficient (Wildman–Crippen LogP) is 3.51. The van der Waals surface area contributed by atoms with E-state index in [4.69, 9.17) is 11.0 Å². The fourth-order valence-corrected chi connectivity index (χ4v) is 1.98. The van der Waals surface area contributed by atoms with E-state index in [-0.39, 0.29) is 16.8 Å². The van der Waals surface area contributed by atoms with Crippen LogP contribution in [0, 0.1) is 23.1 Å². The Morgan fingerprint density at radius 2 is 2.10 bits per heavy atom. The Balaban J connectivity index is 2.81. The van der Waals surface area contributed by atoms with Crippen molar-refractivity contribution in [1.29, 1.82) is 5.26 Å². The molecule has 5 heteroatoms. The highest BCUT2D eigenvalue weighted by atomic mass is 19.1. The molecule has 0 atom stereocenters. The van der Waals surface area contributed by atoms with Crippen molar-refractivity contribution in [3.05, 3.63) is 53.9 Å². The molecule has 0 radical (unpaired) electrons. The smallest absolute Gasteiger partial charge is 0.213 e. The van der Waals surface area contributed by atoms with Gasteiger partial charge in [-0.2, -0.15) is 9.65 Å². The topological polar surface area (TPSA) is 62.7 Å². The molecule has 1 heterocycles. The zero-order valence-corrected chi connectivity index (χ0v) is 10.7. The summed E-state index contributed by atoms with van der Waals surface area (Å²) in [6, 6.07) is 5.77. The van der Waals surface area contributed by atoms with E-state index in [1.54, 1.807) is 13.0 Å². The number of rotatable bonds is 2. The van der Waals surface area contributed by atoms with Crippen LogP contribution in [0.3, 0.4) is 0 Å². The molecule has 1 aromatic heterocycles. The first-order valence-corrected chi connectivity index (χ1v) is 5.75. The van der Waals surface area contributed by atoms with Crippen LogP contribution in [-0.4, -0.2) is 4.98 Å². The number of halogens is 2. The fourth-order valence-electron chi connectivity index (χ4n) is 1.98. The number of aromatic nitrogens is 1. The van der Waals surface area contributed by atoms with Crippen LogP contribution in [0.25, 0.3) is 16.7 Å². The van der Waals surface area contributed by atoms with Gasteiger partial charge in [-0.25, -0.2) is 9.37 Å². The second kappa shape index (κ2) is 5.10. The van der Waals surface area contributed by atoms with Crippen molar-refractivity contribution in [3.63, 3.8) is 0 Å². The van der Waals surface area contributed by atoms with E-state index in [2.05, 4.69) is 11.6 Å². The molecule has 0 unspecified atom stereocenters. The van der Waals surface area contributed by atoms with Gasteiger partial charge in [-0.1, -0.05) is 6.58 Å². The first-order chi connectivity index (χ1) is 9.45. The van der Waals surface area contributed by atoms with Gasteiger partial charge in [0.15, 0.2) is 5.82 Å². The minimum atomic E-state index is -0.712. The van der Waals surface area contributed by atoms with Gasteiger partial charge in [-0.15, -0.1) is 0 Å². The Morgan fingerprint density at radius 1 is 1.40 bits per heavy atom. The number of benzene rings is 1. The molecule has 0 spiro atoms. The number of allylic oxidation sites excluding steroid dienone is 1. The number of nitrogens with zero attached hydrogens (tertiary/aromatic N) is 2. The molecule has 1 aromatic carbocycles. The van der Waals surface area contributed by atoms with Crippen molar-refractivity contribution >= 4 is 11.3 Å². The summed E-state index contributed by atoms with van der Waals surface area (Å²) in [5.74, 6) is -1.39. The number of anilines is 1. The first-order valence-electron chi connectivity index (χ1n) is 5.75. The molecule has 0 saturated heterocycles. The Bertz CT molecular complexity index is 746. The van der Waals surface area contributed by atoms with Gasteiger partial charge in [-0.3, -0.25) is 0 Å². The summed E-state index contributed by atoms with van der Waals surface area (Å²) in [7, 11) is 0. The van der Waals surface area contributed by atoms with E-state index in [9.17, 15) is 8.78 Å². The molecule has 100 valence electrons. The number of nitrogens with two attached hydrogens (primary N) is 1. The van der Waals surface area contributed by atoms with Crippen LogP contribution >= 0.6 is 0 Å². The van der Waals surface area contributed by atoms with Crippen molar-refractivity contribution in [2.45, 2.75) is 6.92 Å². The highest BCUT2D eigenvalue weighted by molar-refractivity contribution is 5.87. The predicted molar refractivity (Wildman–Crippen MR) is 73.4 cm³/mol. The average Bonchev–Trinajstić information content (AvgIpc) is 2.38. The van der Waals surface area contributed by atoms with Gasteiger partial charge in [0.2, 0.25) is 5.95 Å². The molecule has 2 rings (SSSR count). The second-order valence-electron chi connectivity index (χ2n) is 4.33. The monoisotopic (exact) mass is 271 g/mol. The molecule has 0 saturated carbocycles. The van der Waals surface area contributed by atoms with E-state index < -0.39 is 11.8 Å². The van der Waals surface area contributed by atoms with Crippen molar-refractivity contribution in [1.82, 2.24) is 4.98 Å². The minimum Gasteiger partial charge on any atom is -0.398 e. The largest absolute Gasteiger partial charge is 0.398 e. The van der Waals surface area contributed by atoms with Crippen LogP contribution in [0.4, 0.5) is 14.5 Å². The van der Waals surface area contributed by atoms with E-state index >= 15 is 0 Å². The molecular weight excluding hydrogens is 260 g/mol. The number of nitrogen functional groups attached to an aromatic ring is 1. The molecule has 0 aliphatic rings.